The zero-order chi connectivity index (χ0) is 14.1. The van der Waals surface area contributed by atoms with Crippen LogP contribution in [0.4, 0.5) is 5.69 Å². The van der Waals surface area contributed by atoms with Crippen molar-refractivity contribution in [3.63, 3.8) is 0 Å². The Kier molecular flexibility index (Phi) is 3.54. The fraction of sp³-hybridized carbons (Fsp3) is 0.267. The molecule has 0 saturated heterocycles. The van der Waals surface area contributed by atoms with Crippen LogP contribution in [-0.4, -0.2) is 12.5 Å². The average Bonchev–Trinajstić information content (AvgIpc) is 2.95. The number of carbonyl (C=O) groups is 1. The third-order valence-corrected chi connectivity index (χ3v) is 4.44. The van der Waals surface area contributed by atoms with E-state index in [0.717, 1.165) is 33.3 Å². The lowest BCUT2D eigenvalue weighted by molar-refractivity contribution is -0.117. The molecule has 0 aliphatic carbocycles. The Balaban J connectivity index is 1.86. The number of benzene rings is 1. The van der Waals surface area contributed by atoms with Crippen molar-refractivity contribution in [1.82, 2.24) is 5.32 Å². The second-order valence-corrected chi connectivity index (χ2v) is 5.79. The number of amides is 1. The van der Waals surface area contributed by atoms with Gasteiger partial charge in [-0.2, -0.15) is 0 Å². The van der Waals surface area contributed by atoms with Crippen molar-refractivity contribution in [3.05, 3.63) is 41.9 Å². The van der Waals surface area contributed by atoms with Crippen molar-refractivity contribution in [2.75, 3.05) is 11.9 Å². The fourth-order valence-electron chi connectivity index (χ4n) is 2.32. The van der Waals surface area contributed by atoms with Crippen LogP contribution in [0.25, 0.3) is 0 Å². The fourth-order valence-corrected chi connectivity index (χ4v) is 3.20. The Bertz CT molecular complexity index is 651. The third-order valence-electron chi connectivity index (χ3n) is 3.30. The molecule has 3 rings (SSSR count). The molecule has 1 aliphatic rings. The largest absolute Gasteiger partial charge is 0.468 e. The Morgan fingerprint density at radius 2 is 2.25 bits per heavy atom. The van der Waals surface area contributed by atoms with Crippen LogP contribution in [0, 0.1) is 6.92 Å². The highest BCUT2D eigenvalue weighted by molar-refractivity contribution is 7.99. The molecule has 104 valence electrons. The molecule has 0 radical (unpaired) electrons. The highest BCUT2D eigenvalue weighted by Gasteiger charge is 2.29. The van der Waals surface area contributed by atoms with Gasteiger partial charge in [0.15, 0.2) is 0 Å². The van der Waals surface area contributed by atoms with E-state index >= 15 is 0 Å². The van der Waals surface area contributed by atoms with Crippen molar-refractivity contribution in [1.29, 1.82) is 0 Å². The van der Waals surface area contributed by atoms with E-state index in [0.29, 0.717) is 0 Å². The van der Waals surface area contributed by atoms with Crippen molar-refractivity contribution in [3.8, 4) is 0 Å². The molecule has 1 aromatic heterocycles. The normalized spacial score (nSPS) is 17.1. The summed E-state index contributed by atoms with van der Waals surface area (Å²) in [6, 6.07) is 7.79. The van der Waals surface area contributed by atoms with Gasteiger partial charge in [-0.15, -0.1) is 0 Å². The van der Waals surface area contributed by atoms with Crippen molar-refractivity contribution in [2.45, 2.75) is 29.7 Å². The summed E-state index contributed by atoms with van der Waals surface area (Å²) in [4.78, 5) is 14.1. The summed E-state index contributed by atoms with van der Waals surface area (Å²) in [5, 5.41) is 6.12. The number of aryl methyl sites for hydroxylation is 1. The second-order valence-electron chi connectivity index (χ2n) is 4.67. The van der Waals surface area contributed by atoms with Gasteiger partial charge in [0.25, 0.3) is 0 Å². The second kappa shape index (κ2) is 5.34. The molecule has 4 nitrogen and oxygen atoms in total. The van der Waals surface area contributed by atoms with Gasteiger partial charge in [-0.1, -0.05) is 24.8 Å². The lowest BCUT2D eigenvalue weighted by atomic mass is 10.1. The number of furan rings is 1. The Hall–Kier alpha value is -1.72. The molecular formula is C15H16N2O2S. The molecule has 2 heterocycles. The van der Waals surface area contributed by atoms with Crippen LogP contribution in [0.3, 0.4) is 0 Å². The smallest absolute Gasteiger partial charge is 0.246 e. The van der Waals surface area contributed by atoms with Crippen LogP contribution in [0.5, 0.6) is 0 Å². The van der Waals surface area contributed by atoms with Gasteiger partial charge in [0.1, 0.15) is 11.8 Å². The number of carbonyl (C=O) groups excluding carboxylic acids is 1. The van der Waals surface area contributed by atoms with E-state index in [1.54, 1.807) is 18.0 Å². The first-order valence-corrected chi connectivity index (χ1v) is 7.41. The van der Waals surface area contributed by atoms with E-state index < -0.39 is 0 Å². The number of likely N-dealkylation sites (N-methyl/N-ethyl adjacent to an activating group) is 1. The number of hydrogen-bond acceptors (Lipinski definition) is 4. The molecule has 20 heavy (non-hydrogen) atoms. The van der Waals surface area contributed by atoms with E-state index in [2.05, 4.69) is 10.6 Å². The first-order valence-electron chi connectivity index (χ1n) is 6.59. The van der Waals surface area contributed by atoms with E-state index in [-0.39, 0.29) is 11.9 Å². The molecule has 0 saturated carbocycles. The van der Waals surface area contributed by atoms with Crippen LogP contribution in [0.1, 0.15) is 24.3 Å². The van der Waals surface area contributed by atoms with E-state index in [1.165, 1.54) is 0 Å². The first-order chi connectivity index (χ1) is 9.69. The zero-order valence-electron chi connectivity index (χ0n) is 11.4. The van der Waals surface area contributed by atoms with Gasteiger partial charge >= 0.3 is 0 Å². The van der Waals surface area contributed by atoms with Crippen molar-refractivity contribution < 1.29 is 9.21 Å². The van der Waals surface area contributed by atoms with Crippen LogP contribution >= 0.6 is 11.8 Å². The Morgan fingerprint density at radius 3 is 2.95 bits per heavy atom. The molecule has 0 fully saturated rings. The summed E-state index contributed by atoms with van der Waals surface area (Å²) in [6.07, 6.45) is 1.69. The summed E-state index contributed by atoms with van der Waals surface area (Å²) in [5.74, 6) is 0.925. The maximum atomic E-state index is 11.9. The van der Waals surface area contributed by atoms with Crippen LogP contribution in [0.2, 0.25) is 0 Å². The third kappa shape index (κ3) is 2.34. The highest BCUT2D eigenvalue weighted by atomic mass is 32.2. The van der Waals surface area contributed by atoms with Crippen molar-refractivity contribution >= 4 is 23.4 Å². The van der Waals surface area contributed by atoms with E-state index in [9.17, 15) is 4.79 Å². The lowest BCUT2D eigenvalue weighted by Gasteiger charge is -2.09. The molecule has 1 aromatic carbocycles. The number of rotatable bonds is 4. The van der Waals surface area contributed by atoms with Crippen LogP contribution in [0.15, 0.2) is 44.7 Å². The number of anilines is 1. The Labute approximate surface area is 121 Å². The molecular weight excluding hydrogens is 272 g/mol. The summed E-state index contributed by atoms with van der Waals surface area (Å²) >= 11 is 1.64. The molecule has 1 unspecified atom stereocenters. The summed E-state index contributed by atoms with van der Waals surface area (Å²) in [7, 11) is 0. The molecule has 1 amide bonds. The lowest BCUT2D eigenvalue weighted by Crippen LogP contribution is -2.27. The van der Waals surface area contributed by atoms with Gasteiger partial charge in [-0.3, -0.25) is 4.79 Å². The molecule has 5 heteroatoms. The molecule has 2 aromatic rings. The van der Waals surface area contributed by atoms with Gasteiger partial charge in [0.2, 0.25) is 5.91 Å². The first kappa shape index (κ1) is 13.3. The number of hydrogen-bond donors (Lipinski definition) is 2. The predicted molar refractivity (Wildman–Crippen MR) is 79.1 cm³/mol. The summed E-state index contributed by atoms with van der Waals surface area (Å²) < 4.78 is 5.29. The monoisotopic (exact) mass is 288 g/mol. The van der Waals surface area contributed by atoms with Gasteiger partial charge < -0.3 is 15.1 Å². The maximum Gasteiger partial charge on any atom is 0.246 e. The molecule has 1 atom stereocenters. The number of nitrogens with one attached hydrogen (secondary N) is 2. The summed E-state index contributed by atoms with van der Waals surface area (Å²) in [5.41, 5.74) is 1.91. The van der Waals surface area contributed by atoms with Gasteiger partial charge in [0, 0.05) is 16.1 Å². The molecule has 0 bridgehead atoms. The Morgan fingerprint density at radius 1 is 1.40 bits per heavy atom. The van der Waals surface area contributed by atoms with E-state index in [4.69, 9.17) is 4.42 Å². The van der Waals surface area contributed by atoms with Crippen LogP contribution in [-0.2, 0) is 4.79 Å². The van der Waals surface area contributed by atoms with Gasteiger partial charge in [-0.25, -0.2) is 0 Å². The zero-order valence-corrected chi connectivity index (χ0v) is 12.2. The minimum absolute atomic E-state index is 0.0171. The van der Waals surface area contributed by atoms with Gasteiger partial charge in [-0.05, 0) is 31.7 Å². The topological polar surface area (TPSA) is 54.3 Å². The van der Waals surface area contributed by atoms with E-state index in [1.807, 2.05) is 38.1 Å². The average molecular weight is 288 g/mol. The highest BCUT2D eigenvalue weighted by Crippen LogP contribution is 2.37. The van der Waals surface area contributed by atoms with Gasteiger partial charge in [0.05, 0.1) is 11.2 Å². The molecule has 0 spiro atoms. The standard InChI is InChI=1S/C15H16N2O2S/c1-3-16-14-11-5-4-10(8-12(11)17-15(14)18)20-13-6-7-19-9(13)2/h4-8,14,16H,3H2,1-2H3,(H,17,18). The molecule has 2 N–H and O–H groups in total. The number of fused-ring (bicyclic) bond motifs is 1. The predicted octanol–water partition coefficient (Wildman–Crippen LogP) is 3.34. The quantitative estimate of drug-likeness (QED) is 0.906. The minimum Gasteiger partial charge on any atom is -0.468 e. The minimum atomic E-state index is -0.232. The molecule has 1 aliphatic heterocycles. The van der Waals surface area contributed by atoms with Crippen LogP contribution < -0.4 is 10.6 Å². The SMILES string of the molecule is CCNC1C(=O)Nc2cc(Sc3ccoc3C)ccc21. The maximum absolute atomic E-state index is 11.9. The van der Waals surface area contributed by atoms with Crippen molar-refractivity contribution in [2.24, 2.45) is 0 Å². The summed E-state index contributed by atoms with van der Waals surface area (Å²) in [6.45, 7) is 4.71.